The molecule has 0 aromatic rings. The van der Waals surface area contributed by atoms with Crippen LogP contribution < -0.4 is 5.32 Å². The molecule has 1 N–H and O–H groups in total. The number of esters is 3. The summed E-state index contributed by atoms with van der Waals surface area (Å²) in [5.41, 5.74) is 0. The van der Waals surface area contributed by atoms with Gasteiger partial charge in [-0.3, -0.25) is 19.2 Å². The lowest BCUT2D eigenvalue weighted by Gasteiger charge is -2.43. The number of carbonyl (C=O) groups is 4. The number of hydrogen-bond donors (Lipinski definition) is 1. The van der Waals surface area contributed by atoms with Crippen molar-refractivity contribution in [3.8, 4) is 0 Å². The number of amides is 1. The Kier molecular flexibility index (Phi) is 7.94. The largest absolute Gasteiger partial charge is 0.456 e. The van der Waals surface area contributed by atoms with Crippen molar-refractivity contribution in [2.24, 2.45) is 0 Å². The molecular formula is C14H18Cl3NO8. The molecule has 1 aliphatic heterocycles. The van der Waals surface area contributed by atoms with Crippen molar-refractivity contribution in [1.29, 1.82) is 0 Å². The first-order chi connectivity index (χ1) is 11.8. The molecular weight excluding hydrogens is 417 g/mol. The normalized spacial score (nSPS) is 28.7. The summed E-state index contributed by atoms with van der Waals surface area (Å²) in [6.07, 6.45) is -5.89. The second-order valence-corrected chi connectivity index (χ2v) is 7.74. The van der Waals surface area contributed by atoms with Crippen LogP contribution in [0.15, 0.2) is 0 Å². The first-order valence-electron chi connectivity index (χ1n) is 7.37. The van der Waals surface area contributed by atoms with Gasteiger partial charge < -0.3 is 24.3 Å². The molecule has 0 aliphatic carbocycles. The number of rotatable bonds is 4. The molecule has 26 heavy (non-hydrogen) atoms. The topological polar surface area (TPSA) is 117 Å². The summed E-state index contributed by atoms with van der Waals surface area (Å²) < 4.78 is 18.6. The van der Waals surface area contributed by atoms with Gasteiger partial charge in [-0.2, -0.15) is 0 Å². The molecule has 0 aromatic carbocycles. The maximum atomic E-state index is 11.9. The number of carbonyl (C=O) groups excluding carboxylic acids is 4. The summed E-state index contributed by atoms with van der Waals surface area (Å²) in [4.78, 5) is 46.2. The molecule has 12 heteroatoms. The van der Waals surface area contributed by atoms with Gasteiger partial charge >= 0.3 is 17.9 Å². The van der Waals surface area contributed by atoms with Crippen LogP contribution in [-0.4, -0.2) is 58.3 Å². The highest BCUT2D eigenvalue weighted by Crippen LogP contribution is 2.30. The lowest BCUT2D eigenvalue weighted by Crippen LogP contribution is -2.65. The summed E-state index contributed by atoms with van der Waals surface area (Å²) in [5, 5.41) is 2.26. The predicted octanol–water partition coefficient (Wildman–Crippen LogP) is 1.01. The van der Waals surface area contributed by atoms with E-state index in [4.69, 9.17) is 53.8 Å². The van der Waals surface area contributed by atoms with E-state index in [1.165, 1.54) is 6.92 Å². The van der Waals surface area contributed by atoms with Crippen LogP contribution >= 0.6 is 34.8 Å². The van der Waals surface area contributed by atoms with Gasteiger partial charge in [-0.05, 0) is 6.92 Å². The van der Waals surface area contributed by atoms with Gasteiger partial charge in [0.2, 0.25) is 0 Å². The maximum absolute atomic E-state index is 11.9. The average molecular weight is 435 g/mol. The van der Waals surface area contributed by atoms with E-state index in [2.05, 4.69) is 5.32 Å². The zero-order valence-corrected chi connectivity index (χ0v) is 16.6. The quantitative estimate of drug-likeness (QED) is 0.396. The standard InChI is InChI=1S/C14H18Cl3NO8/c1-5-9(24-6(2)19)10(25-7(3)20)11(26-8(4)21)12(23-5)18-13(22)14(15,16)17/h5,9-12H,1-4H3,(H,18,22)/t5-,9+,10+,11-,12?/m0/s1. The van der Waals surface area contributed by atoms with Crippen LogP contribution in [0, 0.1) is 0 Å². The smallest absolute Gasteiger partial charge is 0.303 e. The summed E-state index contributed by atoms with van der Waals surface area (Å²) in [7, 11) is 0. The van der Waals surface area contributed by atoms with Crippen LogP contribution in [0.5, 0.6) is 0 Å². The monoisotopic (exact) mass is 433 g/mol. The van der Waals surface area contributed by atoms with Crippen molar-refractivity contribution >= 4 is 58.6 Å². The van der Waals surface area contributed by atoms with Gasteiger partial charge in [0.1, 0.15) is 0 Å². The second-order valence-electron chi connectivity index (χ2n) is 5.46. The number of hydrogen-bond acceptors (Lipinski definition) is 8. The van der Waals surface area contributed by atoms with Crippen molar-refractivity contribution in [2.75, 3.05) is 0 Å². The Hall–Kier alpha value is -1.29. The molecule has 1 rings (SSSR count). The Morgan fingerprint density at radius 2 is 1.27 bits per heavy atom. The minimum Gasteiger partial charge on any atom is -0.456 e. The summed E-state index contributed by atoms with van der Waals surface area (Å²) in [5.74, 6) is -3.22. The maximum Gasteiger partial charge on any atom is 0.303 e. The number of alkyl halides is 3. The molecule has 5 atom stereocenters. The third-order valence-corrected chi connectivity index (χ3v) is 3.72. The fourth-order valence-corrected chi connectivity index (χ4v) is 2.50. The van der Waals surface area contributed by atoms with Crippen LogP contribution in [0.25, 0.3) is 0 Å². The van der Waals surface area contributed by atoms with Gasteiger partial charge in [0.15, 0.2) is 24.5 Å². The second kappa shape index (κ2) is 9.07. The predicted molar refractivity (Wildman–Crippen MR) is 89.4 cm³/mol. The summed E-state index contributed by atoms with van der Waals surface area (Å²) in [6, 6.07) is 0. The molecule has 1 fully saturated rings. The van der Waals surface area contributed by atoms with Gasteiger partial charge in [0.25, 0.3) is 9.70 Å². The molecule has 0 radical (unpaired) electrons. The minimum atomic E-state index is -2.31. The highest BCUT2D eigenvalue weighted by molar-refractivity contribution is 6.76. The number of halogens is 3. The van der Waals surface area contributed by atoms with Crippen molar-refractivity contribution < 1.29 is 38.1 Å². The van der Waals surface area contributed by atoms with E-state index < -0.39 is 58.3 Å². The van der Waals surface area contributed by atoms with Gasteiger partial charge in [-0.25, -0.2) is 0 Å². The zero-order chi connectivity index (χ0) is 20.2. The van der Waals surface area contributed by atoms with E-state index in [1.54, 1.807) is 0 Å². The molecule has 1 saturated heterocycles. The molecule has 0 bridgehead atoms. The molecule has 0 saturated carbocycles. The van der Waals surface area contributed by atoms with Crippen LogP contribution in [0.4, 0.5) is 0 Å². The molecule has 148 valence electrons. The Morgan fingerprint density at radius 1 is 0.846 bits per heavy atom. The first-order valence-corrected chi connectivity index (χ1v) is 8.51. The minimum absolute atomic E-state index is 0.673. The van der Waals surface area contributed by atoms with E-state index in [-0.39, 0.29) is 0 Å². The highest BCUT2D eigenvalue weighted by Gasteiger charge is 2.51. The van der Waals surface area contributed by atoms with Crippen molar-refractivity contribution in [1.82, 2.24) is 5.32 Å². The van der Waals surface area contributed by atoms with Crippen LogP contribution in [0.3, 0.4) is 0 Å². The molecule has 0 aromatic heterocycles. The van der Waals surface area contributed by atoms with Gasteiger partial charge in [0, 0.05) is 20.8 Å². The average Bonchev–Trinajstić information content (AvgIpc) is 2.44. The van der Waals surface area contributed by atoms with E-state index in [1.807, 2.05) is 0 Å². The Morgan fingerprint density at radius 3 is 1.69 bits per heavy atom. The molecule has 1 aliphatic rings. The SMILES string of the molecule is CC(=O)O[C@@H]1[C@H](OC(C)=O)[C@H](C)OC(NC(=O)C(Cl)(Cl)Cl)[C@H]1OC(C)=O. The van der Waals surface area contributed by atoms with E-state index in [0.29, 0.717) is 0 Å². The van der Waals surface area contributed by atoms with E-state index in [9.17, 15) is 19.2 Å². The number of ether oxygens (including phenoxy) is 4. The third-order valence-electron chi connectivity index (χ3n) is 3.21. The first kappa shape index (κ1) is 22.8. The lowest BCUT2D eigenvalue weighted by atomic mass is 9.98. The van der Waals surface area contributed by atoms with Gasteiger partial charge in [0.05, 0.1) is 6.10 Å². The molecule has 1 heterocycles. The fourth-order valence-electron chi connectivity index (χ4n) is 2.34. The third kappa shape index (κ3) is 6.46. The van der Waals surface area contributed by atoms with Gasteiger partial charge in [-0.15, -0.1) is 0 Å². The molecule has 0 spiro atoms. The fraction of sp³-hybridized carbons (Fsp3) is 0.714. The zero-order valence-electron chi connectivity index (χ0n) is 14.3. The molecule has 1 amide bonds. The van der Waals surface area contributed by atoms with Crippen molar-refractivity contribution in [3.63, 3.8) is 0 Å². The van der Waals surface area contributed by atoms with E-state index in [0.717, 1.165) is 20.8 Å². The summed E-state index contributed by atoms with van der Waals surface area (Å²) in [6.45, 7) is 4.86. The van der Waals surface area contributed by atoms with Crippen LogP contribution in [-0.2, 0) is 38.1 Å². The van der Waals surface area contributed by atoms with Crippen LogP contribution in [0.2, 0.25) is 0 Å². The Bertz CT molecular complexity index is 579. The van der Waals surface area contributed by atoms with Crippen molar-refractivity contribution in [3.05, 3.63) is 0 Å². The highest BCUT2D eigenvalue weighted by atomic mass is 35.6. The molecule has 1 unspecified atom stereocenters. The van der Waals surface area contributed by atoms with Crippen LogP contribution in [0.1, 0.15) is 27.7 Å². The number of nitrogens with one attached hydrogen (secondary N) is 1. The Balaban J connectivity index is 3.21. The lowest BCUT2D eigenvalue weighted by molar-refractivity contribution is -0.248. The summed E-state index contributed by atoms with van der Waals surface area (Å²) >= 11 is 16.5. The molecule has 9 nitrogen and oxygen atoms in total. The van der Waals surface area contributed by atoms with Crippen molar-refractivity contribution in [2.45, 2.75) is 62.1 Å². The van der Waals surface area contributed by atoms with E-state index >= 15 is 0 Å². The van der Waals surface area contributed by atoms with Gasteiger partial charge in [-0.1, -0.05) is 34.8 Å². The Labute approximate surface area is 164 Å².